The molecule has 2 aromatic rings. The minimum absolute atomic E-state index is 0.0268. The van der Waals surface area contributed by atoms with Crippen molar-refractivity contribution >= 4 is 5.91 Å². The molecule has 10 heteroatoms. The van der Waals surface area contributed by atoms with E-state index in [0.717, 1.165) is 21.9 Å². The Balaban J connectivity index is 2.24. The second kappa shape index (κ2) is 5.48. The van der Waals surface area contributed by atoms with Crippen LogP contribution in [-0.2, 0) is 11.0 Å². The van der Waals surface area contributed by atoms with Crippen LogP contribution in [0.15, 0.2) is 24.5 Å². The molecule has 0 N–H and O–H groups in total. The molecule has 0 aliphatic rings. The highest BCUT2D eigenvalue weighted by molar-refractivity contribution is 5.91. The van der Waals surface area contributed by atoms with Gasteiger partial charge in [-0.25, -0.2) is 14.7 Å². The van der Waals surface area contributed by atoms with Gasteiger partial charge in [-0.1, -0.05) is 5.21 Å². The van der Waals surface area contributed by atoms with Crippen molar-refractivity contribution in [3.05, 3.63) is 35.8 Å². The Morgan fingerprint density at radius 3 is 2.62 bits per heavy atom. The summed E-state index contributed by atoms with van der Waals surface area (Å²) < 4.78 is 38.4. The van der Waals surface area contributed by atoms with Gasteiger partial charge in [0.05, 0.1) is 18.9 Å². The first-order valence-corrected chi connectivity index (χ1v) is 5.61. The number of pyridine rings is 1. The van der Waals surface area contributed by atoms with Gasteiger partial charge in [-0.3, -0.25) is 9.63 Å². The number of hydrogen-bond acceptors (Lipinski definition) is 5. The zero-order chi connectivity index (χ0) is 15.6. The lowest BCUT2D eigenvalue weighted by Crippen LogP contribution is -2.25. The van der Waals surface area contributed by atoms with Crippen LogP contribution >= 0.6 is 0 Å². The second-order valence-electron chi connectivity index (χ2n) is 3.94. The number of alkyl halides is 3. The number of nitrogens with zero attached hydrogens (tertiary/aromatic N) is 5. The molecule has 0 aliphatic carbocycles. The number of amides is 1. The lowest BCUT2D eigenvalue weighted by molar-refractivity contribution is -0.137. The van der Waals surface area contributed by atoms with E-state index >= 15 is 0 Å². The van der Waals surface area contributed by atoms with Crippen LogP contribution in [0.3, 0.4) is 0 Å². The zero-order valence-corrected chi connectivity index (χ0v) is 11.0. The number of aromatic nitrogens is 4. The highest BCUT2D eigenvalue weighted by Gasteiger charge is 2.30. The summed E-state index contributed by atoms with van der Waals surface area (Å²) >= 11 is 0. The van der Waals surface area contributed by atoms with Crippen molar-refractivity contribution in [3.8, 4) is 5.82 Å². The lowest BCUT2D eigenvalue weighted by atomic mass is 10.3. The van der Waals surface area contributed by atoms with E-state index in [1.165, 1.54) is 20.4 Å². The molecule has 2 heterocycles. The smallest absolute Gasteiger partial charge is 0.274 e. The molecule has 0 atom stereocenters. The van der Waals surface area contributed by atoms with E-state index < -0.39 is 17.6 Å². The number of hydroxylamine groups is 2. The molecule has 112 valence electrons. The fourth-order valence-electron chi connectivity index (χ4n) is 1.41. The molecule has 0 fully saturated rings. The Morgan fingerprint density at radius 1 is 1.38 bits per heavy atom. The minimum Gasteiger partial charge on any atom is -0.274 e. The van der Waals surface area contributed by atoms with Gasteiger partial charge < -0.3 is 0 Å². The molecule has 1 amide bonds. The van der Waals surface area contributed by atoms with Gasteiger partial charge in [0.2, 0.25) is 0 Å². The molecule has 21 heavy (non-hydrogen) atoms. The third kappa shape index (κ3) is 3.16. The molecule has 0 radical (unpaired) electrons. The molecular formula is C11H10F3N5O2. The Morgan fingerprint density at radius 2 is 2.10 bits per heavy atom. The van der Waals surface area contributed by atoms with Crippen molar-refractivity contribution in [1.29, 1.82) is 0 Å². The van der Waals surface area contributed by atoms with Crippen LogP contribution < -0.4 is 0 Å². The Hall–Kier alpha value is -2.49. The van der Waals surface area contributed by atoms with Crippen LogP contribution in [0.1, 0.15) is 16.1 Å². The van der Waals surface area contributed by atoms with E-state index in [4.69, 9.17) is 4.84 Å². The average molecular weight is 301 g/mol. The minimum atomic E-state index is -4.46. The molecule has 7 nitrogen and oxygen atoms in total. The number of carbonyl (C=O) groups is 1. The highest BCUT2D eigenvalue weighted by atomic mass is 19.4. The fraction of sp³-hybridized carbons (Fsp3) is 0.273. The van der Waals surface area contributed by atoms with Gasteiger partial charge in [-0.05, 0) is 12.1 Å². The zero-order valence-electron chi connectivity index (χ0n) is 11.0. The fourth-order valence-corrected chi connectivity index (χ4v) is 1.41. The molecule has 0 aromatic carbocycles. The first kappa shape index (κ1) is 14.9. The first-order chi connectivity index (χ1) is 9.82. The highest BCUT2D eigenvalue weighted by Crippen LogP contribution is 2.28. The summed E-state index contributed by atoms with van der Waals surface area (Å²) in [5, 5.41) is 8.19. The summed E-state index contributed by atoms with van der Waals surface area (Å²) in [6.07, 6.45) is -2.54. The summed E-state index contributed by atoms with van der Waals surface area (Å²) in [7, 11) is 2.69. The quantitative estimate of drug-likeness (QED) is 0.799. The monoisotopic (exact) mass is 301 g/mol. The maximum Gasteiger partial charge on any atom is 0.417 e. The molecule has 0 aliphatic heterocycles. The SMILES string of the molecule is CON(C)C(=O)c1cn(-c2ccc(C(F)(F)F)cn2)nn1. The van der Waals surface area contributed by atoms with E-state index in [0.29, 0.717) is 6.20 Å². The van der Waals surface area contributed by atoms with E-state index in [2.05, 4.69) is 15.3 Å². The Kier molecular flexibility index (Phi) is 3.89. The summed E-state index contributed by atoms with van der Waals surface area (Å²) in [5.41, 5.74) is -0.900. The predicted molar refractivity (Wildman–Crippen MR) is 63.3 cm³/mol. The normalized spacial score (nSPS) is 11.5. The summed E-state index contributed by atoms with van der Waals surface area (Å²) in [5.74, 6) is -0.440. The van der Waals surface area contributed by atoms with Gasteiger partial charge in [-0.2, -0.15) is 13.2 Å². The topological polar surface area (TPSA) is 73.1 Å². The largest absolute Gasteiger partial charge is 0.417 e. The average Bonchev–Trinajstić information content (AvgIpc) is 2.94. The molecule has 0 saturated heterocycles. The maximum absolute atomic E-state index is 12.4. The number of halogens is 3. The van der Waals surface area contributed by atoms with Crippen molar-refractivity contribution in [2.75, 3.05) is 14.2 Å². The van der Waals surface area contributed by atoms with Crippen molar-refractivity contribution in [2.24, 2.45) is 0 Å². The third-order valence-corrected chi connectivity index (χ3v) is 2.58. The van der Waals surface area contributed by atoms with Crippen LogP contribution in [0.25, 0.3) is 5.82 Å². The second-order valence-corrected chi connectivity index (χ2v) is 3.94. The van der Waals surface area contributed by atoms with Crippen LogP contribution in [0, 0.1) is 0 Å². The van der Waals surface area contributed by atoms with Crippen molar-refractivity contribution in [3.63, 3.8) is 0 Å². The number of carbonyl (C=O) groups excluding carboxylic acids is 1. The first-order valence-electron chi connectivity index (χ1n) is 5.61. The Bertz CT molecular complexity index is 638. The predicted octanol–water partition coefficient (Wildman–Crippen LogP) is 1.31. The maximum atomic E-state index is 12.4. The number of hydrogen-bond donors (Lipinski definition) is 0. The van der Waals surface area contributed by atoms with Gasteiger partial charge in [0.25, 0.3) is 5.91 Å². The molecular weight excluding hydrogens is 291 g/mol. The van der Waals surface area contributed by atoms with E-state index in [-0.39, 0.29) is 11.5 Å². The van der Waals surface area contributed by atoms with Gasteiger partial charge in [-0.15, -0.1) is 5.10 Å². The molecule has 0 bridgehead atoms. The molecule has 2 aromatic heterocycles. The summed E-state index contributed by atoms with van der Waals surface area (Å²) in [4.78, 5) is 20.1. The molecule has 0 saturated carbocycles. The number of rotatable bonds is 3. The van der Waals surface area contributed by atoms with Crippen molar-refractivity contribution in [2.45, 2.75) is 6.18 Å². The molecule has 0 unspecified atom stereocenters. The standard InChI is InChI=1S/C11H10F3N5O2/c1-18(21-2)10(20)8-6-19(17-16-8)9-4-3-7(5-15-9)11(12,13)14/h3-6H,1-2H3. The van der Waals surface area contributed by atoms with E-state index in [1.807, 2.05) is 0 Å². The van der Waals surface area contributed by atoms with E-state index in [9.17, 15) is 18.0 Å². The molecule has 0 spiro atoms. The van der Waals surface area contributed by atoms with Gasteiger partial charge in [0.1, 0.15) is 0 Å². The van der Waals surface area contributed by atoms with E-state index in [1.54, 1.807) is 0 Å². The summed E-state index contributed by atoms with van der Waals surface area (Å²) in [6, 6.07) is 2.00. The Labute approximate surface area is 116 Å². The van der Waals surface area contributed by atoms with Crippen molar-refractivity contribution < 1.29 is 22.8 Å². The third-order valence-electron chi connectivity index (χ3n) is 2.58. The van der Waals surface area contributed by atoms with Gasteiger partial charge in [0, 0.05) is 13.2 Å². The lowest BCUT2D eigenvalue weighted by Gasteiger charge is -2.10. The van der Waals surface area contributed by atoms with Crippen LogP contribution in [-0.4, -0.2) is 45.1 Å². The van der Waals surface area contributed by atoms with Crippen LogP contribution in [0.4, 0.5) is 13.2 Å². The molecule has 2 rings (SSSR count). The van der Waals surface area contributed by atoms with Gasteiger partial charge in [0.15, 0.2) is 11.5 Å². The van der Waals surface area contributed by atoms with Gasteiger partial charge >= 0.3 is 6.18 Å². The van der Waals surface area contributed by atoms with Crippen LogP contribution in [0.5, 0.6) is 0 Å². The van der Waals surface area contributed by atoms with Crippen LogP contribution in [0.2, 0.25) is 0 Å². The summed E-state index contributed by atoms with van der Waals surface area (Å²) in [6.45, 7) is 0. The van der Waals surface area contributed by atoms with Crippen molar-refractivity contribution in [1.82, 2.24) is 25.0 Å².